The van der Waals surface area contributed by atoms with Gasteiger partial charge in [0, 0.05) is 19.3 Å². The number of hydrogen-bond donors (Lipinski definition) is 1. The number of rotatable bonds is 1. The van der Waals surface area contributed by atoms with Crippen molar-refractivity contribution >= 4 is 5.91 Å². The van der Waals surface area contributed by atoms with E-state index >= 15 is 0 Å². The zero-order valence-electron chi connectivity index (χ0n) is 8.77. The summed E-state index contributed by atoms with van der Waals surface area (Å²) in [6.45, 7) is 0.976. The molecule has 0 aromatic carbocycles. The number of aromatic nitrogens is 1. The Hall–Kier alpha value is -1.49. The monoisotopic (exact) mass is 224 g/mol. The molecule has 1 amide bonds. The highest BCUT2D eigenvalue weighted by Gasteiger charge is 2.23. The lowest BCUT2D eigenvalue weighted by molar-refractivity contribution is 0.0473. The van der Waals surface area contributed by atoms with E-state index in [1.54, 1.807) is 4.90 Å². The van der Waals surface area contributed by atoms with Crippen molar-refractivity contribution in [2.45, 2.75) is 18.9 Å². The van der Waals surface area contributed by atoms with Crippen molar-refractivity contribution in [2.24, 2.45) is 0 Å². The molecule has 2 heterocycles. The summed E-state index contributed by atoms with van der Waals surface area (Å²) < 4.78 is 12.6. The van der Waals surface area contributed by atoms with Gasteiger partial charge in [-0.05, 0) is 25.0 Å². The molecule has 2 rings (SSSR count). The molecule has 1 fully saturated rings. The van der Waals surface area contributed by atoms with E-state index in [1.807, 2.05) is 0 Å². The van der Waals surface area contributed by atoms with Crippen LogP contribution in [0.25, 0.3) is 0 Å². The molecule has 1 atom stereocenters. The van der Waals surface area contributed by atoms with Crippen molar-refractivity contribution in [3.8, 4) is 0 Å². The first-order valence-electron chi connectivity index (χ1n) is 5.26. The summed E-state index contributed by atoms with van der Waals surface area (Å²) in [6.07, 6.45) is 2.29. The molecule has 1 unspecified atom stereocenters. The van der Waals surface area contributed by atoms with Crippen LogP contribution in [-0.2, 0) is 0 Å². The van der Waals surface area contributed by atoms with Crippen LogP contribution in [0.2, 0.25) is 0 Å². The number of amides is 1. The molecule has 4 nitrogen and oxygen atoms in total. The fraction of sp³-hybridized carbons (Fsp3) is 0.455. The van der Waals surface area contributed by atoms with Gasteiger partial charge in [-0.3, -0.25) is 4.79 Å². The number of hydrogen-bond acceptors (Lipinski definition) is 3. The predicted octanol–water partition coefficient (Wildman–Crippen LogP) is 0.818. The van der Waals surface area contributed by atoms with E-state index in [-0.39, 0.29) is 5.91 Å². The Bertz CT molecular complexity index is 380. The van der Waals surface area contributed by atoms with Crippen LogP contribution < -0.4 is 0 Å². The van der Waals surface area contributed by atoms with Crippen molar-refractivity contribution in [1.29, 1.82) is 0 Å². The second kappa shape index (κ2) is 4.57. The molecule has 1 aliphatic heterocycles. The second-order valence-corrected chi connectivity index (χ2v) is 3.92. The lowest BCUT2D eigenvalue weighted by Crippen LogP contribution is -2.42. The topological polar surface area (TPSA) is 53.4 Å². The fourth-order valence-electron chi connectivity index (χ4n) is 1.82. The zero-order valence-corrected chi connectivity index (χ0v) is 8.77. The second-order valence-electron chi connectivity index (χ2n) is 3.92. The Balaban J connectivity index is 2.09. The minimum Gasteiger partial charge on any atom is -0.391 e. The fourth-order valence-corrected chi connectivity index (χ4v) is 1.82. The lowest BCUT2D eigenvalue weighted by atomic mass is 10.1. The molecule has 1 aromatic rings. The summed E-state index contributed by atoms with van der Waals surface area (Å²) in [5.74, 6) is -0.804. The Morgan fingerprint density at radius 3 is 3.00 bits per heavy atom. The summed E-state index contributed by atoms with van der Waals surface area (Å²) >= 11 is 0. The van der Waals surface area contributed by atoms with E-state index in [2.05, 4.69) is 4.98 Å². The van der Waals surface area contributed by atoms with Crippen LogP contribution in [0.3, 0.4) is 0 Å². The highest BCUT2D eigenvalue weighted by atomic mass is 19.1. The standard InChI is InChI=1S/C11H13FN2O2/c12-10-4-3-8(6-13-10)11(16)14-5-1-2-9(15)7-14/h3-4,6,9,15H,1-2,5,7H2. The van der Waals surface area contributed by atoms with Gasteiger partial charge in [0.1, 0.15) is 0 Å². The van der Waals surface area contributed by atoms with Crippen LogP contribution >= 0.6 is 0 Å². The first-order valence-corrected chi connectivity index (χ1v) is 5.26. The Morgan fingerprint density at radius 1 is 1.56 bits per heavy atom. The molecule has 1 aliphatic rings. The molecule has 86 valence electrons. The van der Waals surface area contributed by atoms with Crippen LogP contribution in [0.1, 0.15) is 23.2 Å². The van der Waals surface area contributed by atoms with Crippen molar-refractivity contribution in [3.63, 3.8) is 0 Å². The number of nitrogens with zero attached hydrogens (tertiary/aromatic N) is 2. The van der Waals surface area contributed by atoms with E-state index in [9.17, 15) is 14.3 Å². The van der Waals surface area contributed by atoms with Crippen LogP contribution in [0, 0.1) is 5.95 Å². The van der Waals surface area contributed by atoms with E-state index < -0.39 is 12.1 Å². The number of aliphatic hydroxyl groups excluding tert-OH is 1. The molecule has 0 radical (unpaired) electrons. The van der Waals surface area contributed by atoms with Gasteiger partial charge in [-0.25, -0.2) is 4.98 Å². The van der Waals surface area contributed by atoms with Gasteiger partial charge in [-0.2, -0.15) is 4.39 Å². The van der Waals surface area contributed by atoms with E-state index in [0.29, 0.717) is 18.7 Å². The van der Waals surface area contributed by atoms with Crippen LogP contribution in [-0.4, -0.2) is 40.1 Å². The number of β-amino-alcohol motifs (C(OH)–C–C–N with tert-alkyl or cyclic N) is 1. The van der Waals surface area contributed by atoms with Gasteiger partial charge < -0.3 is 10.0 Å². The van der Waals surface area contributed by atoms with Crippen molar-refractivity contribution in [2.75, 3.05) is 13.1 Å². The summed E-state index contributed by atoms with van der Waals surface area (Å²) in [5, 5.41) is 9.45. The summed E-state index contributed by atoms with van der Waals surface area (Å²) in [5.41, 5.74) is 0.357. The Labute approximate surface area is 92.7 Å². The number of aliphatic hydroxyl groups is 1. The third-order valence-electron chi connectivity index (χ3n) is 2.66. The average Bonchev–Trinajstić information content (AvgIpc) is 2.29. The maximum atomic E-state index is 12.6. The van der Waals surface area contributed by atoms with Crippen LogP contribution in [0.5, 0.6) is 0 Å². The minimum absolute atomic E-state index is 0.203. The highest BCUT2D eigenvalue weighted by Crippen LogP contribution is 2.13. The maximum Gasteiger partial charge on any atom is 0.255 e. The number of pyridine rings is 1. The molecular formula is C11H13FN2O2. The lowest BCUT2D eigenvalue weighted by Gasteiger charge is -2.30. The summed E-state index contributed by atoms with van der Waals surface area (Å²) in [6, 6.07) is 2.57. The van der Waals surface area contributed by atoms with E-state index in [0.717, 1.165) is 18.9 Å². The average molecular weight is 224 g/mol. The molecule has 1 aromatic heterocycles. The van der Waals surface area contributed by atoms with E-state index in [1.165, 1.54) is 12.3 Å². The third-order valence-corrected chi connectivity index (χ3v) is 2.66. The number of carbonyl (C=O) groups excluding carboxylic acids is 1. The largest absolute Gasteiger partial charge is 0.391 e. The smallest absolute Gasteiger partial charge is 0.255 e. The summed E-state index contributed by atoms with van der Waals surface area (Å²) in [7, 11) is 0. The number of halogens is 1. The zero-order chi connectivity index (χ0) is 11.5. The molecule has 5 heteroatoms. The van der Waals surface area contributed by atoms with Gasteiger partial charge in [0.05, 0.1) is 11.7 Å². The predicted molar refractivity (Wildman–Crippen MR) is 55.3 cm³/mol. The van der Waals surface area contributed by atoms with Gasteiger partial charge in [0.2, 0.25) is 5.95 Å². The third kappa shape index (κ3) is 2.36. The molecule has 0 spiro atoms. The molecule has 0 aliphatic carbocycles. The van der Waals surface area contributed by atoms with E-state index in [4.69, 9.17) is 0 Å². The van der Waals surface area contributed by atoms with Crippen molar-refractivity contribution < 1.29 is 14.3 Å². The Morgan fingerprint density at radius 2 is 2.38 bits per heavy atom. The van der Waals surface area contributed by atoms with Crippen molar-refractivity contribution in [1.82, 2.24) is 9.88 Å². The minimum atomic E-state index is -0.602. The number of carbonyl (C=O) groups is 1. The van der Waals surface area contributed by atoms with Gasteiger partial charge in [0.15, 0.2) is 0 Å². The number of likely N-dealkylation sites (tertiary alicyclic amines) is 1. The molecule has 1 N–H and O–H groups in total. The Kier molecular flexibility index (Phi) is 3.14. The van der Waals surface area contributed by atoms with Crippen molar-refractivity contribution in [3.05, 3.63) is 29.8 Å². The molecule has 0 bridgehead atoms. The van der Waals surface area contributed by atoms with Crippen LogP contribution in [0.15, 0.2) is 18.3 Å². The molecule has 0 saturated carbocycles. The quantitative estimate of drug-likeness (QED) is 0.718. The molecular weight excluding hydrogens is 211 g/mol. The molecule has 1 saturated heterocycles. The SMILES string of the molecule is O=C(c1ccc(F)nc1)N1CCCC(O)C1. The normalized spacial score (nSPS) is 20.9. The van der Waals surface area contributed by atoms with Gasteiger partial charge >= 0.3 is 0 Å². The van der Waals surface area contributed by atoms with Gasteiger partial charge in [-0.15, -0.1) is 0 Å². The summed E-state index contributed by atoms with van der Waals surface area (Å²) in [4.78, 5) is 16.9. The number of piperidine rings is 1. The first-order chi connectivity index (χ1) is 7.66. The molecule has 16 heavy (non-hydrogen) atoms. The van der Waals surface area contributed by atoms with Gasteiger partial charge in [0.25, 0.3) is 5.91 Å². The van der Waals surface area contributed by atoms with Crippen LogP contribution in [0.4, 0.5) is 4.39 Å². The first kappa shape index (κ1) is 11.0. The van der Waals surface area contributed by atoms with Gasteiger partial charge in [-0.1, -0.05) is 0 Å². The maximum absolute atomic E-state index is 12.6. The highest BCUT2D eigenvalue weighted by molar-refractivity contribution is 5.93.